The highest BCUT2D eigenvalue weighted by molar-refractivity contribution is 6.05. The van der Waals surface area contributed by atoms with Crippen molar-refractivity contribution in [3.8, 4) is 11.8 Å². The first-order valence-electron chi connectivity index (χ1n) is 13.5. The van der Waals surface area contributed by atoms with Gasteiger partial charge in [0.25, 0.3) is 11.8 Å². The molecule has 220 valence electrons. The minimum atomic E-state index is -0.666. The molecule has 12 nitrogen and oxygen atoms in total. The van der Waals surface area contributed by atoms with Gasteiger partial charge >= 0.3 is 0 Å². The second kappa shape index (κ2) is 15.4. The Bertz CT molecular complexity index is 1370. The number of carbonyl (C=O) groups is 5. The van der Waals surface area contributed by atoms with Crippen molar-refractivity contribution in [3.63, 3.8) is 0 Å². The van der Waals surface area contributed by atoms with Gasteiger partial charge in [-0.3, -0.25) is 29.3 Å². The van der Waals surface area contributed by atoms with Crippen molar-refractivity contribution in [1.29, 1.82) is 0 Å². The highest BCUT2D eigenvalue weighted by atomic mass is 16.5. The van der Waals surface area contributed by atoms with Gasteiger partial charge in [-0.05, 0) is 48.4 Å². The van der Waals surface area contributed by atoms with Crippen LogP contribution in [0, 0.1) is 11.8 Å². The molecule has 0 aromatic heterocycles. The number of rotatable bonds is 14. The highest BCUT2D eigenvalue weighted by Gasteiger charge is 2.39. The summed E-state index contributed by atoms with van der Waals surface area (Å²) in [6.07, 6.45) is 1.09. The van der Waals surface area contributed by atoms with Crippen molar-refractivity contribution in [2.45, 2.75) is 25.4 Å². The van der Waals surface area contributed by atoms with Crippen molar-refractivity contribution in [2.24, 2.45) is 0 Å². The molecule has 3 N–H and O–H groups in total. The maximum Gasteiger partial charge on any atom is 0.255 e. The summed E-state index contributed by atoms with van der Waals surface area (Å²) in [6, 6.07) is 11.2. The van der Waals surface area contributed by atoms with Gasteiger partial charge in [0, 0.05) is 41.9 Å². The first-order chi connectivity index (χ1) is 20.5. The lowest BCUT2D eigenvalue weighted by Crippen LogP contribution is -2.52. The van der Waals surface area contributed by atoms with E-state index in [1.165, 1.54) is 4.90 Å². The van der Waals surface area contributed by atoms with Gasteiger partial charge in [0.2, 0.25) is 18.2 Å². The number of carbonyl (C=O) groups excluding carboxylic acids is 5. The third-order valence-corrected chi connectivity index (χ3v) is 6.63. The predicted octanol–water partition coefficient (Wildman–Crippen LogP) is 0.847. The summed E-state index contributed by atoms with van der Waals surface area (Å²) in [6.45, 7) is 2.60. The van der Waals surface area contributed by atoms with Crippen LogP contribution in [0.5, 0.6) is 0 Å². The SMILES string of the molecule is O=CNc1ccc(C(=O)NCCOCCOCCOCC#Cc2cccc3c2CN(C2CCC(=O)NC2=O)C3=O)cc1. The maximum atomic E-state index is 12.9. The van der Waals surface area contributed by atoms with E-state index in [-0.39, 0.29) is 37.3 Å². The lowest BCUT2D eigenvalue weighted by Gasteiger charge is -2.29. The van der Waals surface area contributed by atoms with Gasteiger partial charge in [-0.2, -0.15) is 0 Å². The van der Waals surface area contributed by atoms with Crippen molar-refractivity contribution < 1.29 is 38.2 Å². The zero-order valence-electron chi connectivity index (χ0n) is 23.0. The van der Waals surface area contributed by atoms with E-state index in [0.717, 1.165) is 5.56 Å². The van der Waals surface area contributed by atoms with Crippen LogP contribution in [0.3, 0.4) is 0 Å². The summed E-state index contributed by atoms with van der Waals surface area (Å²) in [4.78, 5) is 60.6. The molecule has 2 aromatic carbocycles. The molecule has 0 aliphatic carbocycles. The maximum absolute atomic E-state index is 12.9. The van der Waals surface area contributed by atoms with Gasteiger partial charge in [-0.25, -0.2) is 0 Å². The Hall–Kier alpha value is -4.57. The summed E-state index contributed by atoms with van der Waals surface area (Å²) >= 11 is 0. The van der Waals surface area contributed by atoms with Crippen LogP contribution in [0.25, 0.3) is 0 Å². The van der Waals surface area contributed by atoms with Crippen molar-refractivity contribution in [1.82, 2.24) is 15.5 Å². The van der Waals surface area contributed by atoms with Crippen LogP contribution in [0.15, 0.2) is 42.5 Å². The summed E-state index contributed by atoms with van der Waals surface area (Å²) in [5, 5.41) is 7.57. The van der Waals surface area contributed by atoms with Crippen molar-refractivity contribution >= 4 is 35.7 Å². The molecule has 1 fully saturated rings. The fourth-order valence-electron chi connectivity index (χ4n) is 4.52. The minimum Gasteiger partial charge on any atom is -0.377 e. The third-order valence-electron chi connectivity index (χ3n) is 6.63. The van der Waals surface area contributed by atoms with Crippen LogP contribution in [-0.2, 0) is 35.1 Å². The molecule has 2 aromatic rings. The Balaban J connectivity index is 1.06. The lowest BCUT2D eigenvalue weighted by molar-refractivity contribution is -0.136. The first-order valence-corrected chi connectivity index (χ1v) is 13.5. The van der Waals surface area contributed by atoms with Crippen LogP contribution in [0.2, 0.25) is 0 Å². The van der Waals surface area contributed by atoms with E-state index in [0.29, 0.717) is 74.8 Å². The van der Waals surface area contributed by atoms with Gasteiger partial charge in [0.05, 0.1) is 33.0 Å². The zero-order valence-corrected chi connectivity index (χ0v) is 23.0. The van der Waals surface area contributed by atoms with Gasteiger partial charge in [0.1, 0.15) is 12.6 Å². The van der Waals surface area contributed by atoms with Crippen LogP contribution in [0.1, 0.15) is 44.7 Å². The van der Waals surface area contributed by atoms with E-state index in [4.69, 9.17) is 14.2 Å². The van der Waals surface area contributed by atoms with Crippen LogP contribution < -0.4 is 16.0 Å². The second-order valence-corrected chi connectivity index (χ2v) is 9.41. The number of amides is 5. The number of ether oxygens (including phenoxy) is 3. The molecule has 0 saturated carbocycles. The Labute approximate surface area is 243 Å². The smallest absolute Gasteiger partial charge is 0.255 e. The van der Waals surface area contributed by atoms with Crippen LogP contribution >= 0.6 is 0 Å². The average molecular weight is 577 g/mol. The summed E-state index contributed by atoms with van der Waals surface area (Å²) in [5.41, 5.74) is 3.08. The number of nitrogens with zero attached hydrogens (tertiary/aromatic N) is 1. The molecular weight excluding hydrogens is 544 g/mol. The van der Waals surface area contributed by atoms with E-state index < -0.39 is 11.9 Å². The summed E-state index contributed by atoms with van der Waals surface area (Å²) in [5.74, 6) is 4.77. The standard InChI is InChI=1S/C30H32N4O8/c35-20-32-23-8-6-22(7-9-23)28(37)31-12-14-41-16-18-42-17-15-40-13-2-4-21-3-1-5-24-25(21)19-34(30(24)39)26-10-11-27(36)33-29(26)38/h1,3,5-9,20,26H,10-19H2,(H,31,37)(H,32,35)(H,33,36,38). The number of nitrogens with one attached hydrogen (secondary N) is 3. The number of piperidine rings is 1. The molecule has 42 heavy (non-hydrogen) atoms. The first kappa shape index (κ1) is 30.4. The summed E-state index contributed by atoms with van der Waals surface area (Å²) in [7, 11) is 0. The normalized spacial score (nSPS) is 15.9. The van der Waals surface area contributed by atoms with E-state index in [1.54, 1.807) is 36.4 Å². The molecule has 0 bridgehead atoms. The number of anilines is 1. The molecule has 0 spiro atoms. The Morgan fingerprint density at radius 3 is 2.48 bits per heavy atom. The zero-order chi connectivity index (χ0) is 29.7. The fourth-order valence-corrected chi connectivity index (χ4v) is 4.52. The molecule has 2 heterocycles. The van der Waals surface area contributed by atoms with Gasteiger partial charge < -0.3 is 29.7 Å². The third kappa shape index (κ3) is 8.23. The topological polar surface area (TPSA) is 152 Å². The molecule has 4 rings (SSSR count). The van der Waals surface area contributed by atoms with E-state index in [1.807, 2.05) is 6.07 Å². The molecule has 1 unspecified atom stereocenters. The van der Waals surface area contributed by atoms with E-state index in [2.05, 4.69) is 27.8 Å². The van der Waals surface area contributed by atoms with Crippen LogP contribution in [-0.4, -0.2) is 87.2 Å². The minimum absolute atomic E-state index is 0.185. The summed E-state index contributed by atoms with van der Waals surface area (Å²) < 4.78 is 16.4. The second-order valence-electron chi connectivity index (χ2n) is 9.41. The Morgan fingerprint density at radius 2 is 1.74 bits per heavy atom. The molecule has 2 aliphatic heterocycles. The molecule has 1 saturated heterocycles. The Morgan fingerprint density at radius 1 is 1.00 bits per heavy atom. The molecule has 12 heteroatoms. The van der Waals surface area contributed by atoms with Crippen LogP contribution in [0.4, 0.5) is 5.69 Å². The lowest BCUT2D eigenvalue weighted by atomic mass is 10.0. The molecule has 2 aliphatic rings. The van der Waals surface area contributed by atoms with Crippen molar-refractivity contribution in [3.05, 3.63) is 64.7 Å². The predicted molar refractivity (Wildman–Crippen MR) is 150 cm³/mol. The fraction of sp³-hybridized carbons (Fsp3) is 0.367. The number of hydrogen-bond donors (Lipinski definition) is 3. The number of imide groups is 1. The average Bonchev–Trinajstić information content (AvgIpc) is 3.32. The number of benzene rings is 2. The quantitative estimate of drug-likeness (QED) is 0.130. The van der Waals surface area contributed by atoms with Crippen molar-refractivity contribution in [2.75, 3.05) is 51.5 Å². The number of fused-ring (bicyclic) bond motifs is 1. The Kier molecular flexibility index (Phi) is 11.2. The van der Waals surface area contributed by atoms with E-state index >= 15 is 0 Å². The van der Waals surface area contributed by atoms with E-state index in [9.17, 15) is 24.0 Å². The number of hydrogen-bond acceptors (Lipinski definition) is 8. The highest BCUT2D eigenvalue weighted by Crippen LogP contribution is 2.29. The largest absolute Gasteiger partial charge is 0.377 e. The molecular formula is C30H32N4O8. The molecule has 5 amide bonds. The van der Waals surface area contributed by atoms with Gasteiger partial charge in [-0.1, -0.05) is 17.9 Å². The van der Waals surface area contributed by atoms with Gasteiger partial charge in [0.15, 0.2) is 0 Å². The van der Waals surface area contributed by atoms with Gasteiger partial charge in [-0.15, -0.1) is 0 Å². The monoisotopic (exact) mass is 576 g/mol. The molecule has 0 radical (unpaired) electrons. The molecule has 1 atom stereocenters.